The third kappa shape index (κ3) is 4.66. The van der Waals surface area contributed by atoms with Crippen molar-refractivity contribution in [2.75, 3.05) is 32.1 Å². The maximum Gasteiger partial charge on any atom is 0.341 e. The molecule has 1 aromatic rings. The molecule has 0 spiro atoms. The summed E-state index contributed by atoms with van der Waals surface area (Å²) in [5.41, 5.74) is 0.146. The second-order valence-electron chi connectivity index (χ2n) is 5.25. The molecule has 1 aliphatic heterocycles. The van der Waals surface area contributed by atoms with Crippen molar-refractivity contribution in [1.29, 1.82) is 0 Å². The van der Waals surface area contributed by atoms with Gasteiger partial charge in [-0.3, -0.25) is 14.9 Å². The number of non-ortho nitro benzene ring substituents is 1. The maximum absolute atomic E-state index is 12.1. The smallest absolute Gasteiger partial charge is 0.341 e. The molecule has 0 radical (unpaired) electrons. The number of nitro groups is 1. The predicted molar refractivity (Wildman–Crippen MR) is 84.9 cm³/mol. The van der Waals surface area contributed by atoms with Crippen molar-refractivity contribution in [3.63, 3.8) is 0 Å². The normalized spacial score (nSPS) is 16.5. The van der Waals surface area contributed by atoms with Gasteiger partial charge in [-0.05, 0) is 18.9 Å². The average Bonchev–Trinajstić information content (AvgIpc) is 3.10. The van der Waals surface area contributed by atoms with E-state index in [-0.39, 0.29) is 17.4 Å². The number of hydrogen-bond acceptors (Lipinski definition) is 7. The van der Waals surface area contributed by atoms with Gasteiger partial charge in [0.1, 0.15) is 0 Å². The number of esters is 1. The van der Waals surface area contributed by atoms with Crippen LogP contribution in [0.4, 0.5) is 11.4 Å². The van der Waals surface area contributed by atoms with Crippen LogP contribution in [0.1, 0.15) is 23.2 Å². The summed E-state index contributed by atoms with van der Waals surface area (Å²) in [6, 6.07) is 3.79. The van der Waals surface area contributed by atoms with Crippen LogP contribution in [-0.4, -0.2) is 49.7 Å². The van der Waals surface area contributed by atoms with Gasteiger partial charge < -0.3 is 20.1 Å². The van der Waals surface area contributed by atoms with E-state index < -0.39 is 23.4 Å². The van der Waals surface area contributed by atoms with Crippen molar-refractivity contribution >= 4 is 23.3 Å². The SMILES string of the molecule is CNc1ccc([N+](=O)[O-])cc1C(=O)OCC(=O)NC[C@@H]1CCCO1. The number of ether oxygens (including phenoxy) is 2. The van der Waals surface area contributed by atoms with Crippen LogP contribution >= 0.6 is 0 Å². The molecule has 0 aliphatic carbocycles. The van der Waals surface area contributed by atoms with Crippen LogP contribution in [0.15, 0.2) is 18.2 Å². The molecule has 130 valence electrons. The van der Waals surface area contributed by atoms with Crippen LogP contribution in [0.5, 0.6) is 0 Å². The Morgan fingerprint density at radius 2 is 2.25 bits per heavy atom. The van der Waals surface area contributed by atoms with Gasteiger partial charge in [-0.25, -0.2) is 4.79 Å². The molecule has 1 heterocycles. The van der Waals surface area contributed by atoms with Crippen LogP contribution in [0, 0.1) is 10.1 Å². The van der Waals surface area contributed by atoms with Crippen LogP contribution < -0.4 is 10.6 Å². The first-order chi connectivity index (χ1) is 11.5. The quantitative estimate of drug-likeness (QED) is 0.434. The number of rotatable bonds is 7. The minimum absolute atomic E-state index is 0.00127. The van der Waals surface area contributed by atoms with E-state index in [1.54, 1.807) is 7.05 Å². The number of carbonyl (C=O) groups is 2. The van der Waals surface area contributed by atoms with Gasteiger partial charge in [0.25, 0.3) is 11.6 Å². The zero-order valence-corrected chi connectivity index (χ0v) is 13.2. The van der Waals surface area contributed by atoms with Crippen molar-refractivity contribution < 1.29 is 24.0 Å². The Morgan fingerprint density at radius 1 is 1.46 bits per heavy atom. The molecule has 24 heavy (non-hydrogen) atoms. The molecule has 2 N–H and O–H groups in total. The molecule has 0 unspecified atom stereocenters. The van der Waals surface area contributed by atoms with E-state index in [2.05, 4.69) is 10.6 Å². The summed E-state index contributed by atoms with van der Waals surface area (Å²) < 4.78 is 10.3. The summed E-state index contributed by atoms with van der Waals surface area (Å²) >= 11 is 0. The average molecular weight is 337 g/mol. The topological polar surface area (TPSA) is 120 Å². The first kappa shape index (κ1) is 17.7. The van der Waals surface area contributed by atoms with Gasteiger partial charge in [0.2, 0.25) is 0 Å². The molecule has 1 amide bonds. The molecule has 0 aromatic heterocycles. The zero-order chi connectivity index (χ0) is 17.5. The number of benzene rings is 1. The molecule has 1 fully saturated rings. The number of carbonyl (C=O) groups excluding carboxylic acids is 2. The number of nitro benzene ring substituents is 1. The predicted octanol–water partition coefficient (Wildman–Crippen LogP) is 1.09. The number of amides is 1. The molecular formula is C15H19N3O6. The highest BCUT2D eigenvalue weighted by atomic mass is 16.6. The molecular weight excluding hydrogens is 318 g/mol. The fourth-order valence-corrected chi connectivity index (χ4v) is 2.33. The number of anilines is 1. The van der Waals surface area contributed by atoms with Gasteiger partial charge in [-0.1, -0.05) is 0 Å². The highest BCUT2D eigenvalue weighted by Gasteiger charge is 2.19. The lowest BCUT2D eigenvalue weighted by molar-refractivity contribution is -0.384. The largest absolute Gasteiger partial charge is 0.452 e. The Hall–Kier alpha value is -2.68. The van der Waals surface area contributed by atoms with Crippen LogP contribution in [0.25, 0.3) is 0 Å². The van der Waals surface area contributed by atoms with Gasteiger partial charge >= 0.3 is 5.97 Å². The van der Waals surface area contributed by atoms with Crippen molar-refractivity contribution in [2.45, 2.75) is 18.9 Å². The highest BCUT2D eigenvalue weighted by molar-refractivity contribution is 5.97. The van der Waals surface area contributed by atoms with Crippen molar-refractivity contribution in [1.82, 2.24) is 5.32 Å². The Labute approximate surface area is 138 Å². The Morgan fingerprint density at radius 3 is 2.88 bits per heavy atom. The lowest BCUT2D eigenvalue weighted by Gasteiger charge is -2.12. The number of nitrogens with zero attached hydrogens (tertiary/aromatic N) is 1. The van der Waals surface area contributed by atoms with Gasteiger partial charge in [0.05, 0.1) is 16.6 Å². The third-order valence-electron chi connectivity index (χ3n) is 3.59. The fraction of sp³-hybridized carbons (Fsp3) is 0.467. The van der Waals surface area contributed by atoms with E-state index in [9.17, 15) is 19.7 Å². The molecule has 2 rings (SSSR count). The molecule has 0 bridgehead atoms. The lowest BCUT2D eigenvalue weighted by Crippen LogP contribution is -2.34. The summed E-state index contributed by atoms with van der Waals surface area (Å²) in [5.74, 6) is -1.26. The standard InChI is InChI=1S/C15H19N3O6/c1-16-13-5-4-10(18(21)22)7-12(13)15(20)24-9-14(19)17-8-11-3-2-6-23-11/h4-5,7,11,16H,2-3,6,8-9H2,1H3,(H,17,19)/t11-/m0/s1. The molecule has 1 atom stereocenters. The summed E-state index contributed by atoms with van der Waals surface area (Å²) in [6.45, 7) is 0.599. The molecule has 9 heteroatoms. The second-order valence-corrected chi connectivity index (χ2v) is 5.25. The third-order valence-corrected chi connectivity index (χ3v) is 3.59. The van der Waals surface area contributed by atoms with Crippen molar-refractivity contribution in [2.24, 2.45) is 0 Å². The van der Waals surface area contributed by atoms with E-state index in [4.69, 9.17) is 9.47 Å². The number of hydrogen-bond donors (Lipinski definition) is 2. The van der Waals surface area contributed by atoms with Gasteiger partial charge in [-0.15, -0.1) is 0 Å². The summed E-state index contributed by atoms with van der Waals surface area (Å²) in [5, 5.41) is 16.2. The van der Waals surface area contributed by atoms with E-state index in [0.29, 0.717) is 18.8 Å². The maximum atomic E-state index is 12.1. The van der Waals surface area contributed by atoms with E-state index in [0.717, 1.165) is 18.9 Å². The Bertz CT molecular complexity index is 628. The van der Waals surface area contributed by atoms with Crippen molar-refractivity contribution in [3.05, 3.63) is 33.9 Å². The summed E-state index contributed by atoms with van der Waals surface area (Å²) in [7, 11) is 1.58. The van der Waals surface area contributed by atoms with Gasteiger partial charge in [-0.2, -0.15) is 0 Å². The lowest BCUT2D eigenvalue weighted by atomic mass is 10.1. The molecule has 9 nitrogen and oxygen atoms in total. The monoisotopic (exact) mass is 337 g/mol. The van der Waals surface area contributed by atoms with Gasteiger partial charge in [0.15, 0.2) is 6.61 Å². The van der Waals surface area contributed by atoms with Gasteiger partial charge in [0, 0.05) is 38.0 Å². The Balaban J connectivity index is 1.90. The first-order valence-electron chi connectivity index (χ1n) is 7.53. The van der Waals surface area contributed by atoms with E-state index in [1.165, 1.54) is 12.1 Å². The summed E-state index contributed by atoms with van der Waals surface area (Å²) in [6.07, 6.45) is 1.85. The van der Waals surface area contributed by atoms with Crippen LogP contribution in [0.3, 0.4) is 0 Å². The zero-order valence-electron chi connectivity index (χ0n) is 13.2. The van der Waals surface area contributed by atoms with Crippen molar-refractivity contribution in [3.8, 4) is 0 Å². The highest BCUT2D eigenvalue weighted by Crippen LogP contribution is 2.22. The molecule has 1 aliphatic rings. The molecule has 1 aromatic carbocycles. The fourth-order valence-electron chi connectivity index (χ4n) is 2.33. The molecule has 0 saturated carbocycles. The second kappa shape index (κ2) is 8.25. The van der Waals surface area contributed by atoms with E-state index in [1.807, 2.05) is 0 Å². The van der Waals surface area contributed by atoms with Crippen LogP contribution in [-0.2, 0) is 14.3 Å². The first-order valence-corrected chi connectivity index (χ1v) is 7.53. The van der Waals surface area contributed by atoms with E-state index >= 15 is 0 Å². The minimum Gasteiger partial charge on any atom is -0.452 e. The minimum atomic E-state index is -0.810. The molecule has 1 saturated heterocycles. The van der Waals surface area contributed by atoms with Crippen LogP contribution in [0.2, 0.25) is 0 Å². The number of nitrogens with one attached hydrogen (secondary N) is 2. The Kier molecular flexibility index (Phi) is 6.07. The summed E-state index contributed by atoms with van der Waals surface area (Å²) in [4.78, 5) is 34.0.